The smallest absolute Gasteiger partial charge is 0.275 e. The Morgan fingerprint density at radius 2 is 1.50 bits per heavy atom. The van der Waals surface area contributed by atoms with Crippen molar-refractivity contribution in [2.75, 3.05) is 39.3 Å². The van der Waals surface area contributed by atoms with Gasteiger partial charge in [-0.2, -0.15) is 0 Å². The molecule has 164 valence electrons. The number of hydrogen-bond acceptors (Lipinski definition) is 3. The third-order valence-corrected chi connectivity index (χ3v) is 7.88. The molecule has 0 N–H and O–H groups in total. The maximum Gasteiger partial charge on any atom is 0.275 e. The van der Waals surface area contributed by atoms with Crippen LogP contribution in [0.3, 0.4) is 0 Å². The first-order chi connectivity index (χ1) is 13.3. The summed E-state index contributed by atoms with van der Waals surface area (Å²) < 4.78 is 30.2. The molecule has 3 nitrogen and oxygen atoms in total. The zero-order valence-electron chi connectivity index (χ0n) is 18.7. The summed E-state index contributed by atoms with van der Waals surface area (Å²) in [5.41, 5.74) is 0. The van der Waals surface area contributed by atoms with Gasteiger partial charge in [0.05, 0.1) is 12.6 Å². The Morgan fingerprint density at radius 3 is 2.04 bits per heavy atom. The van der Waals surface area contributed by atoms with Crippen molar-refractivity contribution in [2.24, 2.45) is 11.8 Å². The Kier molecular flexibility index (Phi) is 7.77. The maximum atomic E-state index is 15.1. The first kappa shape index (κ1) is 22.4. The summed E-state index contributed by atoms with van der Waals surface area (Å²) in [5, 5.41) is 0. The van der Waals surface area contributed by atoms with Crippen molar-refractivity contribution in [3.8, 4) is 0 Å². The van der Waals surface area contributed by atoms with Crippen LogP contribution >= 0.6 is 0 Å². The molecule has 0 bridgehead atoms. The first-order valence-corrected chi connectivity index (χ1v) is 11.9. The van der Waals surface area contributed by atoms with Crippen LogP contribution in [0.1, 0.15) is 72.6 Å². The molecule has 5 heteroatoms. The highest BCUT2D eigenvalue weighted by atomic mass is 19.3. The fraction of sp³-hybridized carbons (Fsp3) is 1.00. The quantitative estimate of drug-likeness (QED) is 0.640. The molecular weight excluding hydrogens is 356 g/mol. The molecule has 28 heavy (non-hydrogen) atoms. The molecule has 0 spiro atoms. The Morgan fingerprint density at radius 1 is 0.857 bits per heavy atom. The van der Waals surface area contributed by atoms with E-state index in [4.69, 9.17) is 0 Å². The number of likely N-dealkylation sites (tertiary alicyclic amines) is 1. The molecule has 0 aromatic rings. The number of halogens is 2. The third kappa shape index (κ3) is 5.46. The van der Waals surface area contributed by atoms with Gasteiger partial charge in [-0.15, -0.1) is 0 Å². The summed E-state index contributed by atoms with van der Waals surface area (Å²) in [6.45, 7) is 13.3. The lowest BCUT2D eigenvalue weighted by Gasteiger charge is -2.49. The minimum atomic E-state index is -2.58. The molecule has 1 saturated carbocycles. The van der Waals surface area contributed by atoms with Crippen LogP contribution < -0.4 is 0 Å². The fourth-order valence-corrected chi connectivity index (χ4v) is 5.76. The molecule has 3 fully saturated rings. The summed E-state index contributed by atoms with van der Waals surface area (Å²) in [4.78, 5) is 6.63. The highest BCUT2D eigenvalue weighted by Crippen LogP contribution is 2.37. The molecule has 3 rings (SSSR count). The second-order valence-corrected chi connectivity index (χ2v) is 10.1. The van der Waals surface area contributed by atoms with Crippen molar-refractivity contribution in [1.82, 2.24) is 14.7 Å². The van der Waals surface area contributed by atoms with Crippen LogP contribution in [0.15, 0.2) is 0 Å². The van der Waals surface area contributed by atoms with Gasteiger partial charge in [0, 0.05) is 44.8 Å². The Bertz CT molecular complexity index is 468. The summed E-state index contributed by atoms with van der Waals surface area (Å²) in [6.07, 6.45) is 7.91. The molecule has 2 atom stereocenters. The van der Waals surface area contributed by atoms with Crippen molar-refractivity contribution < 1.29 is 8.78 Å². The van der Waals surface area contributed by atoms with Gasteiger partial charge in [-0.1, -0.05) is 20.3 Å². The molecule has 2 aliphatic heterocycles. The van der Waals surface area contributed by atoms with Crippen molar-refractivity contribution in [3.63, 3.8) is 0 Å². The van der Waals surface area contributed by atoms with E-state index in [0.29, 0.717) is 18.5 Å². The molecule has 0 aromatic carbocycles. The van der Waals surface area contributed by atoms with Gasteiger partial charge in [-0.3, -0.25) is 14.7 Å². The lowest BCUT2D eigenvalue weighted by atomic mass is 9.79. The van der Waals surface area contributed by atoms with Gasteiger partial charge in [0.1, 0.15) is 0 Å². The SMILES string of the molecule is CCC(C)CC1CCC(N2CCC(N3CCN(C(C)C)CC3)C(F)(F)C2)CC1. The number of rotatable bonds is 6. The van der Waals surface area contributed by atoms with Crippen LogP contribution in [0.4, 0.5) is 8.78 Å². The van der Waals surface area contributed by atoms with Crippen molar-refractivity contribution >= 4 is 0 Å². The van der Waals surface area contributed by atoms with Gasteiger partial charge >= 0.3 is 0 Å². The summed E-state index contributed by atoms with van der Waals surface area (Å²) in [6, 6.07) is 0.345. The van der Waals surface area contributed by atoms with Crippen LogP contribution in [-0.4, -0.2) is 78.0 Å². The van der Waals surface area contributed by atoms with Crippen LogP contribution in [0.2, 0.25) is 0 Å². The first-order valence-electron chi connectivity index (χ1n) is 11.9. The van der Waals surface area contributed by atoms with E-state index in [9.17, 15) is 0 Å². The fourth-order valence-electron chi connectivity index (χ4n) is 5.76. The van der Waals surface area contributed by atoms with E-state index in [-0.39, 0.29) is 6.54 Å². The average Bonchev–Trinajstić information content (AvgIpc) is 2.67. The summed E-state index contributed by atoms with van der Waals surface area (Å²) >= 11 is 0. The Hall–Kier alpha value is -0.260. The maximum absolute atomic E-state index is 15.1. The van der Waals surface area contributed by atoms with Crippen LogP contribution in [0.25, 0.3) is 0 Å². The highest BCUT2D eigenvalue weighted by Gasteiger charge is 2.49. The average molecular weight is 400 g/mol. The summed E-state index contributed by atoms with van der Waals surface area (Å²) in [7, 11) is 0. The van der Waals surface area contributed by atoms with E-state index in [1.807, 2.05) is 0 Å². The third-order valence-electron chi connectivity index (χ3n) is 7.88. The zero-order chi connectivity index (χ0) is 20.3. The number of hydrogen-bond donors (Lipinski definition) is 0. The number of piperazine rings is 1. The predicted molar refractivity (Wildman–Crippen MR) is 113 cm³/mol. The van der Waals surface area contributed by atoms with E-state index in [1.165, 1.54) is 25.7 Å². The van der Waals surface area contributed by atoms with E-state index in [1.54, 1.807) is 0 Å². The van der Waals surface area contributed by atoms with Gasteiger partial charge in [-0.25, -0.2) is 8.78 Å². The van der Waals surface area contributed by atoms with E-state index < -0.39 is 12.0 Å². The Labute approximate surface area is 171 Å². The number of alkyl halides is 2. The molecule has 1 aliphatic carbocycles. The molecular formula is C23H43F2N3. The van der Waals surface area contributed by atoms with Crippen LogP contribution in [0, 0.1) is 11.8 Å². The van der Waals surface area contributed by atoms with Crippen LogP contribution in [-0.2, 0) is 0 Å². The minimum Gasteiger partial charge on any atom is -0.298 e. The van der Waals surface area contributed by atoms with Crippen molar-refractivity contribution in [2.45, 2.75) is 96.7 Å². The Balaban J connectivity index is 1.48. The van der Waals surface area contributed by atoms with Gasteiger partial charge in [0.25, 0.3) is 5.92 Å². The lowest BCUT2D eigenvalue weighted by Crippen LogP contribution is -2.63. The number of piperidine rings is 1. The predicted octanol–water partition coefficient (Wildman–Crippen LogP) is 4.72. The monoisotopic (exact) mass is 399 g/mol. The second-order valence-electron chi connectivity index (χ2n) is 10.1. The van der Waals surface area contributed by atoms with Crippen molar-refractivity contribution in [1.29, 1.82) is 0 Å². The topological polar surface area (TPSA) is 9.72 Å². The van der Waals surface area contributed by atoms with E-state index in [2.05, 4.69) is 42.4 Å². The molecule has 0 radical (unpaired) electrons. The molecule has 2 unspecified atom stereocenters. The minimum absolute atomic E-state index is 0.0250. The lowest BCUT2D eigenvalue weighted by molar-refractivity contribution is -0.143. The van der Waals surface area contributed by atoms with E-state index >= 15 is 8.78 Å². The number of nitrogens with zero attached hydrogens (tertiary/aromatic N) is 3. The summed E-state index contributed by atoms with van der Waals surface area (Å²) in [5.74, 6) is -0.953. The zero-order valence-corrected chi connectivity index (χ0v) is 18.7. The van der Waals surface area contributed by atoms with E-state index in [0.717, 1.165) is 57.4 Å². The highest BCUT2D eigenvalue weighted by molar-refractivity contribution is 4.97. The molecule has 0 aromatic heterocycles. The van der Waals surface area contributed by atoms with Gasteiger partial charge < -0.3 is 0 Å². The van der Waals surface area contributed by atoms with Crippen LogP contribution in [0.5, 0.6) is 0 Å². The van der Waals surface area contributed by atoms with Crippen molar-refractivity contribution in [3.05, 3.63) is 0 Å². The largest absolute Gasteiger partial charge is 0.298 e. The normalized spacial score (nSPS) is 34.6. The standard InChI is InChI=1S/C23H43F2N3/c1-5-19(4)16-20-6-8-21(9-7-20)28-11-10-22(23(24,25)17-28)27-14-12-26(13-15-27)18(2)3/h18-22H,5-17H2,1-4H3. The molecule has 0 amide bonds. The molecule has 2 saturated heterocycles. The molecule has 3 aliphatic rings. The second kappa shape index (κ2) is 9.70. The van der Waals surface area contributed by atoms with Gasteiger partial charge in [-0.05, 0) is 64.2 Å². The van der Waals surface area contributed by atoms with Gasteiger partial charge in [0.15, 0.2) is 0 Å². The molecule has 2 heterocycles. The van der Waals surface area contributed by atoms with Gasteiger partial charge in [0.2, 0.25) is 0 Å².